The molecule has 0 bridgehead atoms. The number of hydrogen-bond donors (Lipinski definition) is 1. The molecule has 0 aliphatic carbocycles. The Morgan fingerprint density at radius 3 is 2.58 bits per heavy atom. The van der Waals surface area contributed by atoms with Crippen molar-refractivity contribution in [2.45, 2.75) is 6.92 Å². The summed E-state index contributed by atoms with van der Waals surface area (Å²) in [5.74, 6) is 0.103. The van der Waals surface area contributed by atoms with Crippen molar-refractivity contribution < 1.29 is 14.1 Å². The maximum atomic E-state index is 12.5. The second kappa shape index (κ2) is 7.19. The van der Waals surface area contributed by atoms with Gasteiger partial charge in [-0.1, -0.05) is 35.3 Å². The smallest absolute Gasteiger partial charge is 0.281 e. The van der Waals surface area contributed by atoms with Crippen LogP contribution in [-0.4, -0.2) is 10.8 Å². The Balaban J connectivity index is 1.96. The molecule has 0 spiro atoms. The highest BCUT2D eigenvalue weighted by atomic mass is 35.5. The van der Waals surface area contributed by atoms with Crippen LogP contribution in [0.2, 0.25) is 10.0 Å². The number of anilines is 1. The second-order valence-electron chi connectivity index (χ2n) is 5.43. The lowest BCUT2D eigenvalue weighted by atomic mass is 10.1. The minimum Gasteiger partial charge on any atom is -0.460 e. The highest BCUT2D eigenvalue weighted by Crippen LogP contribution is 2.35. The fourth-order valence-corrected chi connectivity index (χ4v) is 2.81. The minimum atomic E-state index is -0.553. The molecule has 0 saturated carbocycles. The van der Waals surface area contributed by atoms with E-state index in [1.54, 1.807) is 31.2 Å². The van der Waals surface area contributed by atoms with Gasteiger partial charge in [0.05, 0.1) is 26.8 Å². The molecule has 1 aromatic heterocycles. The van der Waals surface area contributed by atoms with Crippen molar-refractivity contribution in [2.75, 3.05) is 5.32 Å². The van der Waals surface area contributed by atoms with Crippen LogP contribution in [0.1, 0.15) is 16.1 Å². The summed E-state index contributed by atoms with van der Waals surface area (Å²) in [6.45, 7) is 1.60. The molecule has 1 N–H and O–H groups in total. The van der Waals surface area contributed by atoms with Crippen molar-refractivity contribution in [3.63, 3.8) is 0 Å². The first-order valence-electron chi connectivity index (χ1n) is 7.47. The number of benzene rings is 2. The molecule has 0 unspecified atom stereocenters. The number of hydrogen-bond acceptors (Lipinski definition) is 4. The van der Waals surface area contributed by atoms with Gasteiger partial charge in [0.25, 0.3) is 11.6 Å². The van der Waals surface area contributed by atoms with Crippen LogP contribution in [0.15, 0.2) is 52.9 Å². The van der Waals surface area contributed by atoms with Gasteiger partial charge in [0.2, 0.25) is 0 Å². The van der Waals surface area contributed by atoms with Gasteiger partial charge >= 0.3 is 0 Å². The largest absolute Gasteiger partial charge is 0.460 e. The third-order valence-corrected chi connectivity index (χ3v) is 4.27. The topological polar surface area (TPSA) is 85.4 Å². The second-order valence-corrected chi connectivity index (χ2v) is 6.28. The number of nitro groups is 1. The summed E-state index contributed by atoms with van der Waals surface area (Å²) in [5, 5.41) is 14.6. The van der Waals surface area contributed by atoms with Crippen molar-refractivity contribution in [1.29, 1.82) is 0 Å². The molecule has 0 radical (unpaired) electrons. The summed E-state index contributed by atoms with van der Waals surface area (Å²) in [5.41, 5.74) is 0.742. The number of nitrogens with one attached hydrogen (secondary N) is 1. The Labute approximate surface area is 158 Å². The highest BCUT2D eigenvalue weighted by Gasteiger charge is 2.22. The van der Waals surface area contributed by atoms with E-state index in [0.717, 1.165) is 0 Å². The molecule has 1 heterocycles. The third kappa shape index (κ3) is 3.56. The van der Waals surface area contributed by atoms with Crippen molar-refractivity contribution in [2.24, 2.45) is 0 Å². The van der Waals surface area contributed by atoms with Crippen LogP contribution in [0.3, 0.4) is 0 Å². The van der Waals surface area contributed by atoms with E-state index in [1.165, 1.54) is 24.3 Å². The summed E-state index contributed by atoms with van der Waals surface area (Å²) < 4.78 is 5.58. The molecule has 0 aliphatic heterocycles. The Kier molecular flexibility index (Phi) is 4.97. The molecule has 132 valence electrons. The number of nitro benzene ring substituents is 1. The normalized spacial score (nSPS) is 10.6. The minimum absolute atomic E-state index is 0.204. The average molecular weight is 391 g/mol. The molecule has 0 fully saturated rings. The Morgan fingerprint density at radius 1 is 1.15 bits per heavy atom. The van der Waals surface area contributed by atoms with Crippen LogP contribution in [-0.2, 0) is 0 Å². The fourth-order valence-electron chi connectivity index (χ4n) is 2.46. The van der Waals surface area contributed by atoms with Gasteiger partial charge in [-0.15, -0.1) is 0 Å². The zero-order valence-corrected chi connectivity index (χ0v) is 15.0. The molecule has 1 amide bonds. The van der Waals surface area contributed by atoms with E-state index in [9.17, 15) is 14.9 Å². The van der Waals surface area contributed by atoms with Gasteiger partial charge < -0.3 is 9.73 Å². The number of carbonyl (C=O) groups is 1. The number of carbonyl (C=O) groups excluding carboxylic acids is 1. The third-order valence-electron chi connectivity index (χ3n) is 3.71. The Hall–Kier alpha value is -2.83. The van der Waals surface area contributed by atoms with Crippen molar-refractivity contribution >= 4 is 40.5 Å². The van der Waals surface area contributed by atoms with Gasteiger partial charge in [0.15, 0.2) is 0 Å². The Morgan fingerprint density at radius 2 is 1.88 bits per heavy atom. The van der Waals surface area contributed by atoms with Crippen LogP contribution >= 0.6 is 23.2 Å². The first kappa shape index (κ1) is 18.0. The molecule has 6 nitrogen and oxygen atoms in total. The van der Waals surface area contributed by atoms with Crippen LogP contribution in [0.25, 0.3) is 11.3 Å². The predicted octanol–water partition coefficient (Wildman–Crippen LogP) is 5.72. The van der Waals surface area contributed by atoms with Gasteiger partial charge in [0.1, 0.15) is 11.5 Å². The molecule has 0 saturated heterocycles. The van der Waals surface area contributed by atoms with Gasteiger partial charge in [-0.3, -0.25) is 14.9 Å². The molecular weight excluding hydrogens is 379 g/mol. The molecule has 3 rings (SSSR count). The summed E-state index contributed by atoms with van der Waals surface area (Å²) in [7, 11) is 0. The van der Waals surface area contributed by atoms with E-state index < -0.39 is 10.8 Å². The first-order chi connectivity index (χ1) is 12.4. The molecule has 8 heteroatoms. The Bertz CT molecular complexity index is 1010. The standard InChI is InChI=1S/C18H12Cl2N2O4/c1-10-13(18(23)21-15-5-3-2-4-14(15)20)9-17(26-10)12-7-6-11(19)8-16(12)22(24)25/h2-9H,1H3,(H,21,23). The van der Waals surface area contributed by atoms with Crippen molar-refractivity contribution in [3.8, 4) is 11.3 Å². The number of rotatable bonds is 4. The number of furan rings is 1. The summed E-state index contributed by atoms with van der Waals surface area (Å²) in [6.07, 6.45) is 0. The summed E-state index contributed by atoms with van der Waals surface area (Å²) in [4.78, 5) is 23.2. The maximum Gasteiger partial charge on any atom is 0.281 e. The van der Waals surface area contributed by atoms with Crippen LogP contribution in [0.4, 0.5) is 11.4 Å². The monoisotopic (exact) mass is 390 g/mol. The molecular formula is C18H12Cl2N2O4. The van der Waals surface area contributed by atoms with Gasteiger partial charge in [-0.25, -0.2) is 0 Å². The number of amides is 1. The van der Waals surface area contributed by atoms with Gasteiger partial charge in [0, 0.05) is 11.1 Å². The van der Waals surface area contributed by atoms with Gasteiger partial charge in [-0.2, -0.15) is 0 Å². The molecule has 2 aromatic carbocycles. The van der Waals surface area contributed by atoms with Crippen LogP contribution < -0.4 is 5.32 Å². The number of halogens is 2. The number of para-hydroxylation sites is 1. The summed E-state index contributed by atoms with van der Waals surface area (Å²) in [6, 6.07) is 12.5. The first-order valence-corrected chi connectivity index (χ1v) is 8.23. The average Bonchev–Trinajstić information content (AvgIpc) is 2.98. The predicted molar refractivity (Wildman–Crippen MR) is 100.0 cm³/mol. The highest BCUT2D eigenvalue weighted by molar-refractivity contribution is 6.34. The van der Waals surface area contributed by atoms with Crippen LogP contribution in [0, 0.1) is 17.0 Å². The molecule has 26 heavy (non-hydrogen) atoms. The van der Waals surface area contributed by atoms with E-state index in [-0.39, 0.29) is 27.6 Å². The lowest BCUT2D eigenvalue weighted by Crippen LogP contribution is -2.12. The lowest BCUT2D eigenvalue weighted by Gasteiger charge is -2.05. The molecule has 3 aromatic rings. The van der Waals surface area contributed by atoms with Crippen molar-refractivity contribution in [1.82, 2.24) is 0 Å². The zero-order chi connectivity index (χ0) is 18.8. The maximum absolute atomic E-state index is 12.5. The summed E-state index contributed by atoms with van der Waals surface area (Å²) >= 11 is 11.9. The van der Waals surface area contributed by atoms with E-state index in [0.29, 0.717) is 16.5 Å². The number of aryl methyl sites for hydroxylation is 1. The zero-order valence-electron chi connectivity index (χ0n) is 13.5. The fraction of sp³-hybridized carbons (Fsp3) is 0.0556. The van der Waals surface area contributed by atoms with E-state index >= 15 is 0 Å². The van der Waals surface area contributed by atoms with E-state index in [1.807, 2.05) is 0 Å². The van der Waals surface area contributed by atoms with Crippen molar-refractivity contribution in [3.05, 3.63) is 80.0 Å². The van der Waals surface area contributed by atoms with E-state index in [2.05, 4.69) is 5.32 Å². The quantitative estimate of drug-likeness (QED) is 0.455. The SMILES string of the molecule is Cc1oc(-c2ccc(Cl)cc2[N+](=O)[O-])cc1C(=O)Nc1ccccc1Cl. The van der Waals surface area contributed by atoms with Gasteiger partial charge in [-0.05, 0) is 37.3 Å². The molecule has 0 atom stereocenters. The molecule has 0 aliphatic rings. The lowest BCUT2D eigenvalue weighted by molar-refractivity contribution is -0.384. The van der Waals surface area contributed by atoms with E-state index in [4.69, 9.17) is 27.6 Å². The van der Waals surface area contributed by atoms with Crippen LogP contribution in [0.5, 0.6) is 0 Å². The number of nitrogens with zero attached hydrogens (tertiary/aromatic N) is 1.